The van der Waals surface area contributed by atoms with Crippen LogP contribution in [0, 0.1) is 17.8 Å². The normalized spacial score (nSPS) is 18.6. The Bertz CT molecular complexity index is 2400. The molecule has 0 aliphatic carbocycles. The van der Waals surface area contributed by atoms with Gasteiger partial charge in [-0.3, -0.25) is 14.4 Å². The third-order valence-corrected chi connectivity index (χ3v) is 12.1. The summed E-state index contributed by atoms with van der Waals surface area (Å²) in [5.41, 5.74) is 6.66. The number of imidazole rings is 2. The first-order chi connectivity index (χ1) is 28.0. The minimum atomic E-state index is -0.707. The molecule has 3 amide bonds. The second-order valence-electron chi connectivity index (χ2n) is 16.3. The van der Waals surface area contributed by atoms with Crippen LogP contribution in [-0.4, -0.2) is 87.0 Å². The Labute approximate surface area is 337 Å². The van der Waals surface area contributed by atoms with E-state index in [1.165, 1.54) is 14.2 Å². The molecular formula is C44H51N7O7. The first-order valence-corrected chi connectivity index (χ1v) is 20.3. The minimum Gasteiger partial charge on any atom is -0.488 e. The number of benzene rings is 3. The average molecular weight is 790 g/mol. The van der Waals surface area contributed by atoms with Gasteiger partial charge in [0.1, 0.15) is 30.0 Å². The Morgan fingerprint density at radius 1 is 0.845 bits per heavy atom. The lowest BCUT2D eigenvalue weighted by Gasteiger charge is -2.29. The van der Waals surface area contributed by atoms with Crippen LogP contribution in [0.5, 0.6) is 5.75 Å². The summed E-state index contributed by atoms with van der Waals surface area (Å²) in [5.74, 6) is 1.12. The van der Waals surface area contributed by atoms with Gasteiger partial charge >= 0.3 is 12.1 Å². The number of nitrogens with zero attached hydrogens (tertiary/aromatic N) is 4. The first kappa shape index (κ1) is 38.9. The number of hydrogen-bond acceptors (Lipinski definition) is 9. The van der Waals surface area contributed by atoms with Gasteiger partial charge in [-0.05, 0) is 78.5 Å². The Balaban J connectivity index is 1.03. The fourth-order valence-corrected chi connectivity index (χ4v) is 8.93. The minimum absolute atomic E-state index is 0.00510. The molecule has 1 unspecified atom stereocenters. The predicted octanol–water partition coefficient (Wildman–Crippen LogP) is 7.21. The molecule has 58 heavy (non-hydrogen) atoms. The molecule has 14 nitrogen and oxygen atoms in total. The number of nitrogens with one attached hydrogen (secondary N) is 3. The zero-order valence-electron chi connectivity index (χ0n) is 33.9. The van der Waals surface area contributed by atoms with Crippen molar-refractivity contribution in [1.29, 1.82) is 0 Å². The fourth-order valence-electron chi connectivity index (χ4n) is 8.93. The topological polar surface area (TPSA) is 172 Å². The molecule has 3 aliphatic rings. The maximum Gasteiger partial charge on any atom is 0.407 e. The van der Waals surface area contributed by atoms with Gasteiger partial charge in [-0.1, -0.05) is 45.9 Å². The molecule has 0 saturated carbocycles. The smallest absolute Gasteiger partial charge is 0.407 e. The summed E-state index contributed by atoms with van der Waals surface area (Å²) in [7, 11) is 2.64. The van der Waals surface area contributed by atoms with Gasteiger partial charge in [0.05, 0.1) is 61.6 Å². The Hall–Kier alpha value is -5.92. The molecule has 0 spiro atoms. The molecular weight excluding hydrogens is 739 g/mol. The lowest BCUT2D eigenvalue weighted by atomic mass is 9.90. The van der Waals surface area contributed by atoms with E-state index in [0.29, 0.717) is 19.7 Å². The van der Waals surface area contributed by atoms with Crippen LogP contribution < -0.4 is 10.1 Å². The maximum absolute atomic E-state index is 13.7. The van der Waals surface area contributed by atoms with E-state index >= 15 is 0 Å². The van der Waals surface area contributed by atoms with Gasteiger partial charge in [-0.25, -0.2) is 14.8 Å². The number of aromatic nitrogens is 4. The molecule has 5 aromatic rings. The van der Waals surface area contributed by atoms with Crippen molar-refractivity contribution in [1.82, 2.24) is 35.1 Å². The fraction of sp³-hybridized carbons (Fsp3) is 0.455. The standard InChI is InChI=1S/C44H51N7O7/c1-23(2)31(20-36(52)56-5)42(53)50-17-7-9-34(50)40-45-21-33(47-40)25-11-12-27-26(19-25)22-58-39-29(27)14-13-28-30(39)15-16-32-38(28)48-41(46-32)35-10-8-18-51(35)43(54)37(24(3)4)49-44(55)57-6/h11-16,19,21,23-24,31,34-35,37H,7-10,17-18,20,22H2,1-6H3,(H,45,47)(H,46,48)(H,49,55)/t31-,34?,35-,37-/m0/s1. The third-order valence-electron chi connectivity index (χ3n) is 12.1. The molecule has 0 radical (unpaired) electrons. The molecule has 2 aromatic heterocycles. The van der Waals surface area contributed by atoms with Gasteiger partial charge in [0.2, 0.25) is 11.8 Å². The number of alkyl carbamates (subject to hydrolysis) is 1. The van der Waals surface area contributed by atoms with E-state index < -0.39 is 18.1 Å². The second-order valence-corrected chi connectivity index (χ2v) is 16.3. The van der Waals surface area contributed by atoms with E-state index in [1.54, 1.807) is 0 Å². The van der Waals surface area contributed by atoms with Crippen molar-refractivity contribution < 1.29 is 33.4 Å². The van der Waals surface area contributed by atoms with Gasteiger partial charge in [0, 0.05) is 29.4 Å². The van der Waals surface area contributed by atoms with Gasteiger partial charge < -0.3 is 39.3 Å². The van der Waals surface area contributed by atoms with Gasteiger partial charge in [0.25, 0.3) is 0 Å². The number of H-pyrrole nitrogens is 2. The second kappa shape index (κ2) is 15.8. The number of aromatic amines is 2. The number of esters is 1. The molecule has 0 bridgehead atoms. The van der Waals surface area contributed by atoms with Crippen LogP contribution in [-0.2, 0) is 30.5 Å². The molecule has 8 rings (SSSR count). The summed E-state index contributed by atoms with van der Waals surface area (Å²) in [5, 5.41) is 4.63. The molecule has 3 N–H and O–H groups in total. The Kier molecular flexibility index (Phi) is 10.6. The number of ether oxygens (including phenoxy) is 3. The Morgan fingerprint density at radius 2 is 1.55 bits per heavy atom. The third kappa shape index (κ3) is 7.02. The van der Waals surface area contributed by atoms with Crippen LogP contribution in [0.15, 0.2) is 48.7 Å². The highest BCUT2D eigenvalue weighted by atomic mass is 16.5. The lowest BCUT2D eigenvalue weighted by molar-refractivity contribution is -0.148. The van der Waals surface area contributed by atoms with E-state index in [2.05, 4.69) is 51.7 Å². The number of carbonyl (C=O) groups is 4. The molecule has 5 heterocycles. The van der Waals surface area contributed by atoms with Gasteiger partial charge in [-0.15, -0.1) is 0 Å². The number of carbonyl (C=O) groups excluding carboxylic acids is 4. The van der Waals surface area contributed by atoms with Crippen LogP contribution >= 0.6 is 0 Å². The summed E-state index contributed by atoms with van der Waals surface area (Å²) in [6, 6.07) is 13.5. The van der Waals surface area contributed by atoms with Crippen molar-refractivity contribution in [3.05, 3.63) is 65.9 Å². The molecule has 3 aliphatic heterocycles. The van der Waals surface area contributed by atoms with Crippen molar-refractivity contribution in [3.63, 3.8) is 0 Å². The van der Waals surface area contributed by atoms with Gasteiger partial charge in [0.15, 0.2) is 0 Å². The van der Waals surface area contributed by atoms with E-state index in [0.717, 1.165) is 92.8 Å². The molecule has 14 heteroatoms. The summed E-state index contributed by atoms with van der Waals surface area (Å²) in [6.07, 6.45) is 4.51. The molecule has 2 fully saturated rings. The monoisotopic (exact) mass is 789 g/mol. The molecule has 4 atom stereocenters. The summed E-state index contributed by atoms with van der Waals surface area (Å²) >= 11 is 0. The van der Waals surface area contributed by atoms with Crippen molar-refractivity contribution in [2.75, 3.05) is 27.3 Å². The highest BCUT2D eigenvalue weighted by Crippen LogP contribution is 2.45. The SMILES string of the molecule is COC(=O)C[C@H](C(=O)N1CCCC1c1ncc(-c2ccc3c(c2)COc2c-3ccc3c2ccc2[nH]c([C@@H]4CCCN4C(=O)[C@@H](NC(=O)OC)C(C)C)nc23)[nH]1)C(C)C. The van der Waals surface area contributed by atoms with Crippen LogP contribution in [0.25, 0.3) is 44.2 Å². The average Bonchev–Trinajstić information content (AvgIpc) is 4.06. The number of amides is 3. The van der Waals surface area contributed by atoms with E-state index in [9.17, 15) is 19.2 Å². The number of likely N-dealkylation sites (tertiary alicyclic amines) is 2. The summed E-state index contributed by atoms with van der Waals surface area (Å²) in [4.78, 5) is 72.1. The predicted molar refractivity (Wildman–Crippen MR) is 217 cm³/mol. The highest BCUT2D eigenvalue weighted by molar-refractivity contribution is 6.09. The van der Waals surface area contributed by atoms with Crippen LogP contribution in [0.3, 0.4) is 0 Å². The zero-order valence-corrected chi connectivity index (χ0v) is 33.9. The summed E-state index contributed by atoms with van der Waals surface area (Å²) in [6.45, 7) is 9.32. The van der Waals surface area contributed by atoms with E-state index in [-0.39, 0.29) is 48.1 Å². The van der Waals surface area contributed by atoms with Gasteiger partial charge in [-0.2, -0.15) is 0 Å². The van der Waals surface area contributed by atoms with Crippen molar-refractivity contribution in [2.45, 2.75) is 84.5 Å². The first-order valence-electron chi connectivity index (χ1n) is 20.3. The quantitative estimate of drug-likeness (QED) is 0.124. The molecule has 3 aromatic carbocycles. The number of methoxy groups -OCH3 is 2. The van der Waals surface area contributed by atoms with Crippen molar-refractivity contribution >= 4 is 45.7 Å². The van der Waals surface area contributed by atoms with E-state index in [1.807, 2.05) is 49.8 Å². The van der Waals surface area contributed by atoms with E-state index in [4.69, 9.17) is 24.2 Å². The molecule has 2 saturated heterocycles. The summed E-state index contributed by atoms with van der Waals surface area (Å²) < 4.78 is 16.2. The van der Waals surface area contributed by atoms with Crippen LogP contribution in [0.4, 0.5) is 4.79 Å². The largest absolute Gasteiger partial charge is 0.488 e. The van der Waals surface area contributed by atoms with Crippen molar-refractivity contribution in [2.24, 2.45) is 17.8 Å². The molecule has 304 valence electrons. The highest BCUT2D eigenvalue weighted by Gasteiger charge is 2.39. The zero-order chi connectivity index (χ0) is 40.8. The maximum atomic E-state index is 13.7. The van der Waals surface area contributed by atoms with Crippen molar-refractivity contribution in [3.8, 4) is 28.1 Å². The van der Waals surface area contributed by atoms with Crippen LogP contribution in [0.1, 0.15) is 89.1 Å². The number of hydrogen-bond donors (Lipinski definition) is 3. The number of rotatable bonds is 10. The Morgan fingerprint density at radius 3 is 2.26 bits per heavy atom. The lowest BCUT2D eigenvalue weighted by Crippen LogP contribution is -2.51. The number of fused-ring (bicyclic) bond motifs is 7. The van der Waals surface area contributed by atoms with Crippen LogP contribution in [0.2, 0.25) is 0 Å².